The number of thioether (sulfide) groups is 1. The molecule has 4 saturated carbocycles. The van der Waals surface area contributed by atoms with Crippen molar-refractivity contribution in [2.75, 3.05) is 5.75 Å². The molecule has 1 aromatic carbocycles. The molecule has 4 bridgehead atoms. The van der Waals surface area contributed by atoms with Crippen LogP contribution >= 0.6 is 11.8 Å². The SMILES string of the molecule is O=C(CSc1nnc(-c2c[nH]c3ccccc23)o1)NC(=O)NC12CC3CC(CC(C3)C1)C2. The first-order valence-corrected chi connectivity index (χ1v) is 12.2. The maximum atomic E-state index is 12.5. The Morgan fingerprint density at radius 3 is 2.56 bits per heavy atom. The smallest absolute Gasteiger partial charge is 0.321 e. The highest BCUT2D eigenvalue weighted by Crippen LogP contribution is 2.55. The Morgan fingerprint density at radius 2 is 1.81 bits per heavy atom. The van der Waals surface area contributed by atoms with Crippen molar-refractivity contribution in [2.45, 2.75) is 49.3 Å². The van der Waals surface area contributed by atoms with Crippen molar-refractivity contribution in [1.29, 1.82) is 0 Å². The molecule has 9 heteroatoms. The van der Waals surface area contributed by atoms with Crippen LogP contribution in [0.5, 0.6) is 0 Å². The van der Waals surface area contributed by atoms with Gasteiger partial charge in [0.2, 0.25) is 5.91 Å². The normalized spacial score (nSPS) is 28.2. The second-order valence-corrected chi connectivity index (χ2v) is 10.5. The van der Waals surface area contributed by atoms with E-state index in [2.05, 4.69) is 25.8 Å². The van der Waals surface area contributed by atoms with Crippen LogP contribution in [0.2, 0.25) is 0 Å². The number of para-hydroxylation sites is 1. The lowest BCUT2D eigenvalue weighted by molar-refractivity contribution is -0.117. The summed E-state index contributed by atoms with van der Waals surface area (Å²) >= 11 is 1.12. The van der Waals surface area contributed by atoms with Crippen molar-refractivity contribution >= 4 is 34.6 Å². The van der Waals surface area contributed by atoms with Crippen molar-refractivity contribution in [1.82, 2.24) is 25.8 Å². The van der Waals surface area contributed by atoms with Gasteiger partial charge in [-0.2, -0.15) is 0 Å². The molecule has 2 heterocycles. The lowest BCUT2D eigenvalue weighted by Gasteiger charge is -2.56. The molecule has 4 aliphatic rings. The Labute approximate surface area is 189 Å². The molecule has 32 heavy (non-hydrogen) atoms. The minimum absolute atomic E-state index is 0.0316. The van der Waals surface area contributed by atoms with E-state index in [1.54, 1.807) is 0 Å². The van der Waals surface area contributed by atoms with E-state index in [1.807, 2.05) is 30.5 Å². The predicted molar refractivity (Wildman–Crippen MR) is 120 cm³/mol. The molecule has 2 aromatic heterocycles. The van der Waals surface area contributed by atoms with Crippen LogP contribution in [0, 0.1) is 17.8 Å². The zero-order valence-electron chi connectivity index (χ0n) is 17.6. The number of H-pyrrole nitrogens is 1. The molecule has 3 amide bonds. The molecule has 4 fully saturated rings. The maximum absolute atomic E-state index is 12.5. The topological polar surface area (TPSA) is 113 Å². The second-order valence-electron chi connectivity index (χ2n) is 9.61. The van der Waals surface area contributed by atoms with Crippen molar-refractivity contribution in [3.8, 4) is 11.5 Å². The number of amides is 3. The lowest BCUT2D eigenvalue weighted by Crippen LogP contribution is -2.61. The molecule has 0 radical (unpaired) electrons. The van der Waals surface area contributed by atoms with Crippen LogP contribution in [0.1, 0.15) is 38.5 Å². The first kappa shape index (κ1) is 19.8. The van der Waals surface area contributed by atoms with E-state index in [1.165, 1.54) is 19.3 Å². The number of carbonyl (C=O) groups is 2. The predicted octanol–water partition coefficient (Wildman–Crippen LogP) is 4.10. The second kappa shape index (κ2) is 7.65. The number of carbonyl (C=O) groups excluding carboxylic acids is 2. The monoisotopic (exact) mass is 451 g/mol. The summed E-state index contributed by atoms with van der Waals surface area (Å²) in [6, 6.07) is 7.47. The first-order valence-electron chi connectivity index (χ1n) is 11.2. The van der Waals surface area contributed by atoms with Crippen LogP contribution in [0.3, 0.4) is 0 Å². The highest BCUT2D eigenvalue weighted by atomic mass is 32.2. The molecule has 0 spiro atoms. The molecule has 166 valence electrons. The number of imide groups is 1. The third-order valence-corrected chi connectivity index (χ3v) is 8.04. The van der Waals surface area contributed by atoms with Gasteiger partial charge in [0.05, 0.1) is 11.3 Å². The van der Waals surface area contributed by atoms with Gasteiger partial charge in [-0.25, -0.2) is 4.79 Å². The minimum Gasteiger partial charge on any atom is -0.411 e. The van der Waals surface area contributed by atoms with Crippen molar-refractivity contribution in [3.63, 3.8) is 0 Å². The van der Waals surface area contributed by atoms with Gasteiger partial charge in [0.15, 0.2) is 0 Å². The van der Waals surface area contributed by atoms with Crippen LogP contribution in [0.25, 0.3) is 22.4 Å². The van der Waals surface area contributed by atoms with Crippen LogP contribution in [0.15, 0.2) is 40.1 Å². The standard InChI is InChI=1S/C23H25N5O3S/c29-19(25-21(30)26-23-8-13-5-14(9-23)7-15(6-13)10-23)12-32-22-28-27-20(31-22)17-11-24-18-4-2-1-3-16(17)18/h1-4,11,13-15,24H,5-10,12H2,(H2,25,26,29,30). The summed E-state index contributed by atoms with van der Waals surface area (Å²) in [5, 5.41) is 15.1. The Balaban J connectivity index is 1.04. The average Bonchev–Trinajstić information content (AvgIpc) is 3.37. The van der Waals surface area contributed by atoms with E-state index in [0.717, 1.165) is 65.2 Å². The summed E-state index contributed by atoms with van der Waals surface area (Å²) in [4.78, 5) is 28.0. The molecule has 0 unspecified atom stereocenters. The van der Waals surface area contributed by atoms with Gasteiger partial charge in [-0.3, -0.25) is 10.1 Å². The highest BCUT2D eigenvalue weighted by molar-refractivity contribution is 7.99. The summed E-state index contributed by atoms with van der Waals surface area (Å²) < 4.78 is 5.72. The Kier molecular flexibility index (Phi) is 4.74. The van der Waals surface area contributed by atoms with E-state index < -0.39 is 0 Å². The molecular formula is C23H25N5O3S. The Morgan fingerprint density at radius 1 is 1.09 bits per heavy atom. The zero-order valence-corrected chi connectivity index (χ0v) is 18.4. The van der Waals surface area contributed by atoms with Crippen LogP contribution in [-0.4, -0.2) is 38.4 Å². The van der Waals surface area contributed by atoms with Crippen LogP contribution < -0.4 is 10.6 Å². The van der Waals surface area contributed by atoms with Gasteiger partial charge in [0, 0.05) is 22.6 Å². The number of nitrogens with one attached hydrogen (secondary N) is 3. The summed E-state index contributed by atoms with van der Waals surface area (Å²) in [5.74, 6) is 2.25. The number of aromatic amines is 1. The first-order chi connectivity index (χ1) is 15.6. The van der Waals surface area contributed by atoms with E-state index in [9.17, 15) is 9.59 Å². The number of rotatable bonds is 5. The molecule has 3 aromatic rings. The number of nitrogens with zero attached hydrogens (tertiary/aromatic N) is 2. The third-order valence-electron chi connectivity index (χ3n) is 7.22. The maximum Gasteiger partial charge on any atom is 0.321 e. The largest absolute Gasteiger partial charge is 0.411 e. The van der Waals surface area contributed by atoms with Gasteiger partial charge in [0.1, 0.15) is 0 Å². The lowest BCUT2D eigenvalue weighted by atomic mass is 9.53. The van der Waals surface area contributed by atoms with Gasteiger partial charge < -0.3 is 14.7 Å². The molecule has 4 aliphatic carbocycles. The number of fused-ring (bicyclic) bond motifs is 1. The molecule has 3 N–H and O–H groups in total. The van der Waals surface area contributed by atoms with Crippen molar-refractivity contribution in [3.05, 3.63) is 30.5 Å². The fourth-order valence-electron chi connectivity index (χ4n) is 6.45. The van der Waals surface area contributed by atoms with E-state index >= 15 is 0 Å². The Hall–Kier alpha value is -2.81. The average molecular weight is 452 g/mol. The van der Waals surface area contributed by atoms with Gasteiger partial charge in [-0.15, -0.1) is 10.2 Å². The summed E-state index contributed by atoms with van der Waals surface area (Å²) in [6.45, 7) is 0. The summed E-state index contributed by atoms with van der Waals surface area (Å²) in [7, 11) is 0. The number of hydrogen-bond acceptors (Lipinski definition) is 6. The van der Waals surface area contributed by atoms with E-state index in [0.29, 0.717) is 11.1 Å². The number of benzene rings is 1. The summed E-state index contributed by atoms with van der Waals surface area (Å²) in [6.07, 6.45) is 8.90. The van der Waals surface area contributed by atoms with Crippen molar-refractivity contribution in [2.24, 2.45) is 17.8 Å². The van der Waals surface area contributed by atoms with E-state index in [-0.39, 0.29) is 23.2 Å². The highest BCUT2D eigenvalue weighted by Gasteiger charge is 2.51. The third kappa shape index (κ3) is 3.68. The van der Waals surface area contributed by atoms with Gasteiger partial charge in [-0.05, 0) is 62.3 Å². The number of hydrogen-bond donors (Lipinski definition) is 3. The Bertz CT molecular complexity index is 1150. The van der Waals surface area contributed by atoms with Gasteiger partial charge in [-0.1, -0.05) is 30.0 Å². The van der Waals surface area contributed by atoms with Crippen molar-refractivity contribution < 1.29 is 14.0 Å². The fraction of sp³-hybridized carbons (Fsp3) is 0.478. The molecule has 0 saturated heterocycles. The molecule has 0 atom stereocenters. The molecule has 8 nitrogen and oxygen atoms in total. The molecular weight excluding hydrogens is 426 g/mol. The van der Waals surface area contributed by atoms with E-state index in [4.69, 9.17) is 4.42 Å². The van der Waals surface area contributed by atoms with Gasteiger partial charge in [0.25, 0.3) is 11.1 Å². The van der Waals surface area contributed by atoms with Crippen LogP contribution in [-0.2, 0) is 4.79 Å². The number of aromatic nitrogens is 3. The quantitative estimate of drug-likeness (QED) is 0.503. The number of urea groups is 1. The fourth-order valence-corrected chi connectivity index (χ4v) is 7.01. The molecule has 0 aliphatic heterocycles. The molecule has 7 rings (SSSR count). The zero-order chi connectivity index (χ0) is 21.7. The minimum atomic E-state index is -0.387. The van der Waals surface area contributed by atoms with Gasteiger partial charge >= 0.3 is 6.03 Å². The van der Waals surface area contributed by atoms with Crippen LogP contribution in [0.4, 0.5) is 4.79 Å². The summed E-state index contributed by atoms with van der Waals surface area (Å²) in [5.41, 5.74) is 1.69.